The molecule has 0 aliphatic rings. The van der Waals surface area contributed by atoms with E-state index in [2.05, 4.69) is 121 Å². The summed E-state index contributed by atoms with van der Waals surface area (Å²) in [5, 5.41) is 24.1. The van der Waals surface area contributed by atoms with Gasteiger partial charge in [0, 0.05) is 24.8 Å². The fraction of sp³-hybridized carbons (Fsp3) is 0.120. The third kappa shape index (κ3) is 28.4. The van der Waals surface area contributed by atoms with Crippen LogP contribution in [0.4, 0.5) is 124 Å². The average molecular weight is 2260 g/mol. The Morgan fingerprint density at radius 1 is 0.328 bits per heavy atom. The molecule has 50 heteroatoms. The van der Waals surface area contributed by atoms with Crippen molar-refractivity contribution in [2.24, 2.45) is 0 Å². The van der Waals surface area contributed by atoms with Crippen LogP contribution in [0.1, 0.15) is 56.4 Å². The SMILES string of the molecule is Brc1cccc(Br)n1.C.C.C.F.FC(F)(F)c1c[c-]n(-c2cccc(N(c3cccc(-n4[c-]cc(C(F)(F)F)n4)n3)c3c(Cl)cccc3Cl)n2)n1.FC(F)(F)c1ccn(-c2cccc(Br)n2)n1.FC(F)(F)c1ccn(-c2cccc(N(c3cccc(-n4ccc(C(F)(F)F)n4)n3)c3c(Cl)cccc3Cl)n2)n1.FC(F)(F)c1ccn[nH]1.Nc1c(Cl)cccc1Cl.[Pt+2]. The second-order valence-corrected chi connectivity index (χ2v) is 27.9. The molecule has 3 N–H and O–H groups in total. The van der Waals surface area contributed by atoms with Gasteiger partial charge < -0.3 is 15.1 Å². The first-order valence-electron chi connectivity index (χ1n) is 32.4. The molecule has 3 aromatic carbocycles. The summed E-state index contributed by atoms with van der Waals surface area (Å²) >= 11 is 46.7. The largest absolute Gasteiger partial charge is 2.00 e. The number of anilines is 7. The first-order valence-corrected chi connectivity index (χ1v) is 37.1. The number of H-pyrrole nitrogens is 1. The minimum atomic E-state index is -4.68. The van der Waals surface area contributed by atoms with Gasteiger partial charge in [-0.3, -0.25) is 39.8 Å². The Morgan fingerprint density at radius 3 is 0.848 bits per heavy atom. The van der Waals surface area contributed by atoms with Crippen molar-refractivity contribution in [3.05, 3.63) is 315 Å². The van der Waals surface area contributed by atoms with Crippen molar-refractivity contribution < 1.29 is 105 Å². The molecule has 21 nitrogen and oxygen atoms in total. The van der Waals surface area contributed by atoms with Gasteiger partial charge in [-0.05, 0) is 169 Å². The van der Waals surface area contributed by atoms with E-state index in [0.29, 0.717) is 38.3 Å². The van der Waals surface area contributed by atoms with Crippen LogP contribution in [-0.4, -0.2) is 89.0 Å². The van der Waals surface area contributed by atoms with Crippen molar-refractivity contribution in [3.63, 3.8) is 0 Å². The van der Waals surface area contributed by atoms with Gasteiger partial charge in [-0.2, -0.15) is 99.4 Å². The van der Waals surface area contributed by atoms with Crippen LogP contribution in [0, 0.1) is 12.4 Å². The zero-order chi connectivity index (χ0) is 87.4. The number of nitrogen functional groups attached to an aromatic ring is 1. The Labute approximate surface area is 765 Å². The minimum absolute atomic E-state index is 0. The molecule has 15 rings (SSSR count). The molecule has 664 valence electrons. The normalized spacial score (nSPS) is 11.2. The number of alkyl halides is 18. The summed E-state index contributed by atoms with van der Waals surface area (Å²) in [6.07, 6.45) is -18.2. The van der Waals surface area contributed by atoms with Crippen LogP contribution in [0.5, 0.6) is 0 Å². The number of rotatable bonds is 11. The predicted molar refractivity (Wildman–Crippen MR) is 440 cm³/mol. The van der Waals surface area contributed by atoms with E-state index < -0.39 is 71.2 Å². The summed E-state index contributed by atoms with van der Waals surface area (Å²) in [6.45, 7) is 0. The molecule has 0 unspecified atom stereocenters. The van der Waals surface area contributed by atoms with Crippen molar-refractivity contribution in [2.45, 2.75) is 59.3 Å². The molecule has 0 aliphatic heterocycles. The maximum absolute atomic E-state index is 13.1. The number of aromatic nitrogens is 18. The molecule has 0 amide bonds. The van der Waals surface area contributed by atoms with Gasteiger partial charge in [0.15, 0.2) is 34.5 Å². The van der Waals surface area contributed by atoms with Crippen LogP contribution in [0.25, 0.3) is 29.1 Å². The maximum Gasteiger partial charge on any atom is 2.00 e. The standard InChI is InChI=1S/C24H13Cl2F6N7.C24H11Cl2F6N7.C9H5BrF3N3.C6H5Cl2N.C5H3Br2N.C4H3F3N2.3CH4.FH.Pt/c2*25-14-4-1-5-15(26)22(14)39(20-8-2-6-18(33-20)37-12-10-16(35-37)23(27,28)29)21-9-3-7-19(34-21)38-13-11-17(36-38)24(30,31)32;10-7-2-1-3-8(14-7)16-5-4-6(15-16)9(11,12)13;7-4-2-1-3-5(8)6(4)9;6-4-2-1-3-5(7)8-4;5-4(6,7)3-1-2-8-9-3;;;;;/h1-13H;1-11H;1-5H;1-3H,9H2;1-3H;1-2H,(H,8,9);3*1H4;1H;/q;-2;;;;;;;;;+2. The van der Waals surface area contributed by atoms with E-state index in [4.69, 9.17) is 75.3 Å². The van der Waals surface area contributed by atoms with Gasteiger partial charge in [-0.25, -0.2) is 34.0 Å². The third-order valence-corrected chi connectivity index (χ3v) is 17.9. The van der Waals surface area contributed by atoms with Crippen molar-refractivity contribution in [3.8, 4) is 29.1 Å². The van der Waals surface area contributed by atoms with E-state index in [1.807, 2.05) is 18.2 Å². The maximum atomic E-state index is 13.1. The molecule has 0 spiro atoms. The second kappa shape index (κ2) is 44.8. The molecule has 0 bridgehead atoms. The summed E-state index contributed by atoms with van der Waals surface area (Å²) in [7, 11) is 0. The monoisotopic (exact) mass is 2250 g/mol. The summed E-state index contributed by atoms with van der Waals surface area (Å²) in [6, 6.07) is 47.7. The minimum Gasteiger partial charge on any atom is -0.396 e. The van der Waals surface area contributed by atoms with Gasteiger partial charge in [0.25, 0.3) is 0 Å². The van der Waals surface area contributed by atoms with Crippen molar-refractivity contribution in [1.82, 2.24) is 89.0 Å². The van der Waals surface area contributed by atoms with Crippen LogP contribution in [-0.2, 0) is 58.1 Å². The Morgan fingerprint density at radius 2 is 0.600 bits per heavy atom. The molecule has 0 fully saturated rings. The molecule has 0 saturated heterocycles. The fourth-order valence-corrected chi connectivity index (χ4v) is 12.3. The van der Waals surface area contributed by atoms with Crippen molar-refractivity contribution in [2.75, 3.05) is 15.5 Å². The average Bonchev–Trinajstić information content (AvgIpc) is 1.61. The quantitative estimate of drug-likeness (QED) is 0.0531. The number of para-hydroxylation sites is 3. The van der Waals surface area contributed by atoms with Crippen LogP contribution < -0.4 is 15.5 Å². The number of nitrogens with zero attached hydrogens (tertiary/aromatic N) is 19. The summed E-state index contributed by atoms with van der Waals surface area (Å²) in [5.74, 6) is 0.814. The molecular formula is C75H53Br3Cl6F19N21Pt. The van der Waals surface area contributed by atoms with Crippen LogP contribution >= 0.6 is 117 Å². The number of nitrogens with two attached hydrogens (primary N) is 1. The third-order valence-electron chi connectivity index (χ3n) is 14.7. The van der Waals surface area contributed by atoms with E-state index in [9.17, 15) is 79.0 Å². The van der Waals surface area contributed by atoms with E-state index in [0.717, 1.165) is 75.5 Å². The van der Waals surface area contributed by atoms with Gasteiger partial charge in [-0.1, -0.05) is 171 Å². The number of aromatic amines is 1. The molecule has 12 aromatic heterocycles. The van der Waals surface area contributed by atoms with Crippen molar-refractivity contribution in [1.29, 1.82) is 0 Å². The van der Waals surface area contributed by atoms with E-state index in [1.165, 1.54) is 101 Å². The smallest absolute Gasteiger partial charge is 0.396 e. The fourth-order valence-electron chi connectivity index (χ4n) is 9.46. The summed E-state index contributed by atoms with van der Waals surface area (Å²) in [5.41, 5.74) is 0.00520. The molecule has 125 heavy (non-hydrogen) atoms. The molecule has 0 aliphatic carbocycles. The van der Waals surface area contributed by atoms with Gasteiger partial charge in [-0.15, -0.1) is 12.1 Å². The predicted octanol–water partition coefficient (Wildman–Crippen LogP) is 26.6. The number of benzene rings is 3. The van der Waals surface area contributed by atoms with Crippen LogP contribution in [0.15, 0.2) is 239 Å². The van der Waals surface area contributed by atoms with Crippen molar-refractivity contribution >= 4 is 158 Å². The Hall–Kier alpha value is -10.2. The molecule has 0 atom stereocenters. The number of hydrogen-bond acceptors (Lipinski definition) is 15. The van der Waals surface area contributed by atoms with Crippen LogP contribution in [0.3, 0.4) is 0 Å². The molecular weight excluding hydrogens is 2200 g/mol. The van der Waals surface area contributed by atoms with E-state index in [1.54, 1.807) is 65.8 Å². The van der Waals surface area contributed by atoms with E-state index in [-0.39, 0.29) is 126 Å². The number of halogens is 28. The molecule has 12 heterocycles. The summed E-state index contributed by atoms with van der Waals surface area (Å²) < 4.78 is 235. The van der Waals surface area contributed by atoms with Gasteiger partial charge in [0.1, 0.15) is 42.8 Å². The molecule has 0 saturated carbocycles. The molecule has 15 aromatic rings. The first-order chi connectivity index (χ1) is 56.4. The number of nitrogens with one attached hydrogen (secondary N) is 1. The Kier molecular flexibility index (Phi) is 37.7. The zero-order valence-electron chi connectivity index (χ0n) is 59.4. The number of hydrogen-bond donors (Lipinski definition) is 2. The Balaban J connectivity index is 0.000000297. The topological polar surface area (TPSA) is 228 Å². The Bertz CT molecular complexity index is 5480. The molecule has 0 radical (unpaired) electrons. The van der Waals surface area contributed by atoms with Crippen LogP contribution in [0.2, 0.25) is 30.1 Å². The first kappa shape index (κ1) is 105. The van der Waals surface area contributed by atoms with E-state index >= 15 is 0 Å². The summed E-state index contributed by atoms with van der Waals surface area (Å²) in [4.78, 5) is 28.5. The number of pyridine rings is 6. The van der Waals surface area contributed by atoms with Gasteiger partial charge in [0.2, 0.25) is 0 Å². The van der Waals surface area contributed by atoms with Gasteiger partial charge in [0.05, 0.1) is 70.2 Å². The second-order valence-electron chi connectivity index (χ2n) is 23.0. The van der Waals surface area contributed by atoms with Gasteiger partial charge >= 0.3 is 58.1 Å². The zero-order valence-corrected chi connectivity index (χ0v) is 70.9.